The summed E-state index contributed by atoms with van der Waals surface area (Å²) in [6.07, 6.45) is 2.19. The molecule has 1 aromatic carbocycles. The number of ether oxygens (including phenoxy) is 1. The highest BCUT2D eigenvalue weighted by Crippen LogP contribution is 2.19. The number of thioether (sulfide) groups is 1. The third-order valence-electron chi connectivity index (χ3n) is 2.48. The summed E-state index contributed by atoms with van der Waals surface area (Å²) >= 11 is 1.54. The maximum absolute atomic E-state index is 13.5. The molecule has 15 heavy (non-hydrogen) atoms. The van der Waals surface area contributed by atoms with Crippen LogP contribution < -0.4 is 5.32 Å². The van der Waals surface area contributed by atoms with Gasteiger partial charge in [0.2, 0.25) is 0 Å². The van der Waals surface area contributed by atoms with Crippen LogP contribution in [-0.4, -0.2) is 25.4 Å². The lowest BCUT2D eigenvalue weighted by atomic mass is 10.2. The van der Waals surface area contributed by atoms with Crippen LogP contribution in [-0.2, 0) is 11.3 Å². The van der Waals surface area contributed by atoms with E-state index in [0.717, 1.165) is 18.0 Å². The van der Waals surface area contributed by atoms with Crippen molar-refractivity contribution in [2.45, 2.75) is 17.6 Å². The summed E-state index contributed by atoms with van der Waals surface area (Å²) in [5.74, 6) is -0.172. The van der Waals surface area contributed by atoms with E-state index in [4.69, 9.17) is 4.74 Å². The molecule has 0 atom stereocenters. The van der Waals surface area contributed by atoms with Gasteiger partial charge in [0.15, 0.2) is 0 Å². The van der Waals surface area contributed by atoms with Gasteiger partial charge in [0.1, 0.15) is 5.82 Å². The van der Waals surface area contributed by atoms with Crippen molar-refractivity contribution in [2.75, 3.05) is 19.3 Å². The van der Waals surface area contributed by atoms with Gasteiger partial charge in [-0.3, -0.25) is 0 Å². The zero-order valence-corrected chi connectivity index (χ0v) is 9.44. The Morgan fingerprint density at radius 2 is 2.33 bits per heavy atom. The van der Waals surface area contributed by atoms with Gasteiger partial charge in [-0.05, 0) is 18.4 Å². The molecule has 0 aromatic heterocycles. The Morgan fingerprint density at radius 1 is 1.53 bits per heavy atom. The fourth-order valence-corrected chi connectivity index (χ4v) is 1.79. The maximum atomic E-state index is 13.5. The molecule has 1 N–H and O–H groups in total. The molecule has 2 rings (SSSR count). The van der Waals surface area contributed by atoms with Crippen molar-refractivity contribution in [1.82, 2.24) is 5.32 Å². The third kappa shape index (κ3) is 2.71. The quantitative estimate of drug-likeness (QED) is 0.795. The minimum absolute atomic E-state index is 0.172. The van der Waals surface area contributed by atoms with E-state index in [1.54, 1.807) is 23.9 Å². The van der Waals surface area contributed by atoms with E-state index in [1.165, 1.54) is 0 Å². The summed E-state index contributed by atoms with van der Waals surface area (Å²) in [6, 6.07) is 5.28. The molecular formula is C11H14FNOS. The highest BCUT2D eigenvalue weighted by atomic mass is 32.2. The molecule has 1 heterocycles. The van der Waals surface area contributed by atoms with Crippen molar-refractivity contribution in [3.63, 3.8) is 0 Å². The average Bonchev–Trinajstić information content (AvgIpc) is 2.18. The molecule has 1 fully saturated rings. The van der Waals surface area contributed by atoms with E-state index in [-0.39, 0.29) is 11.9 Å². The van der Waals surface area contributed by atoms with Crippen LogP contribution >= 0.6 is 11.8 Å². The lowest BCUT2D eigenvalue weighted by Gasteiger charge is -2.27. The van der Waals surface area contributed by atoms with Crippen molar-refractivity contribution in [3.8, 4) is 0 Å². The molecule has 0 unspecified atom stereocenters. The summed E-state index contributed by atoms with van der Waals surface area (Å²) in [6.45, 7) is 2.13. The summed E-state index contributed by atoms with van der Waals surface area (Å²) in [7, 11) is 0. The first-order valence-electron chi connectivity index (χ1n) is 4.94. The summed E-state index contributed by atoms with van der Waals surface area (Å²) in [5.41, 5.74) is 0.639. The zero-order valence-electron chi connectivity index (χ0n) is 8.63. The van der Waals surface area contributed by atoms with Gasteiger partial charge in [-0.1, -0.05) is 6.07 Å². The third-order valence-corrected chi connectivity index (χ3v) is 3.20. The van der Waals surface area contributed by atoms with Crippen molar-refractivity contribution in [2.24, 2.45) is 0 Å². The van der Waals surface area contributed by atoms with Crippen molar-refractivity contribution in [3.05, 3.63) is 29.6 Å². The zero-order chi connectivity index (χ0) is 10.7. The molecule has 1 aromatic rings. The average molecular weight is 227 g/mol. The second-order valence-electron chi connectivity index (χ2n) is 3.55. The van der Waals surface area contributed by atoms with Crippen LogP contribution in [0.2, 0.25) is 0 Å². The molecule has 0 amide bonds. The highest BCUT2D eigenvalue weighted by molar-refractivity contribution is 7.98. The second-order valence-corrected chi connectivity index (χ2v) is 4.43. The molecule has 0 saturated carbocycles. The molecule has 0 bridgehead atoms. The van der Waals surface area contributed by atoms with Gasteiger partial charge in [-0.25, -0.2) is 4.39 Å². The van der Waals surface area contributed by atoms with Gasteiger partial charge in [0.25, 0.3) is 0 Å². The highest BCUT2D eigenvalue weighted by Gasteiger charge is 2.17. The Hall–Kier alpha value is -0.580. The van der Waals surface area contributed by atoms with E-state index in [0.29, 0.717) is 12.2 Å². The number of hydrogen-bond donors (Lipinski definition) is 1. The van der Waals surface area contributed by atoms with Crippen LogP contribution in [0.3, 0.4) is 0 Å². The Labute approximate surface area is 93.2 Å². The lowest BCUT2D eigenvalue weighted by molar-refractivity contribution is 0.00635. The fraction of sp³-hybridized carbons (Fsp3) is 0.455. The topological polar surface area (TPSA) is 21.3 Å². The van der Waals surface area contributed by atoms with Gasteiger partial charge in [0, 0.05) is 23.5 Å². The van der Waals surface area contributed by atoms with Crippen molar-refractivity contribution in [1.29, 1.82) is 0 Å². The summed E-state index contributed by atoms with van der Waals surface area (Å²) < 4.78 is 19.0. The minimum atomic E-state index is -0.172. The van der Waals surface area contributed by atoms with E-state index >= 15 is 0 Å². The molecule has 0 radical (unpaired) electrons. The molecule has 0 spiro atoms. The lowest BCUT2D eigenvalue weighted by Crippen LogP contribution is -2.48. The SMILES string of the molecule is CSc1ccc(COC2CNC2)c(F)c1. The predicted octanol–water partition coefficient (Wildman–Crippen LogP) is 2.04. The van der Waals surface area contributed by atoms with Gasteiger partial charge in [-0.2, -0.15) is 0 Å². The van der Waals surface area contributed by atoms with Gasteiger partial charge < -0.3 is 10.1 Å². The minimum Gasteiger partial charge on any atom is -0.371 e. The molecule has 0 aliphatic carbocycles. The molecule has 1 saturated heterocycles. The number of rotatable bonds is 4. The molecule has 1 aliphatic heterocycles. The summed E-state index contributed by atoms with van der Waals surface area (Å²) in [5, 5.41) is 3.11. The molecular weight excluding hydrogens is 213 g/mol. The van der Waals surface area contributed by atoms with Crippen LogP contribution in [0, 0.1) is 5.82 Å². The molecule has 1 aliphatic rings. The van der Waals surface area contributed by atoms with E-state index in [2.05, 4.69) is 5.32 Å². The van der Waals surface area contributed by atoms with E-state index < -0.39 is 0 Å². The second kappa shape index (κ2) is 4.96. The molecule has 82 valence electrons. The van der Waals surface area contributed by atoms with Gasteiger partial charge >= 0.3 is 0 Å². The Balaban J connectivity index is 1.95. The van der Waals surface area contributed by atoms with Gasteiger partial charge in [-0.15, -0.1) is 11.8 Å². The van der Waals surface area contributed by atoms with E-state index in [9.17, 15) is 4.39 Å². The monoisotopic (exact) mass is 227 g/mol. The first kappa shape index (κ1) is 10.9. The molecule has 2 nitrogen and oxygen atoms in total. The van der Waals surface area contributed by atoms with Crippen LogP contribution in [0.5, 0.6) is 0 Å². The Kier molecular flexibility index (Phi) is 3.61. The smallest absolute Gasteiger partial charge is 0.129 e. The van der Waals surface area contributed by atoms with Crippen LogP contribution in [0.4, 0.5) is 4.39 Å². The number of nitrogens with one attached hydrogen (secondary N) is 1. The predicted molar refractivity (Wildman–Crippen MR) is 59.6 cm³/mol. The standard InChI is InChI=1S/C11H14FNOS/c1-15-10-3-2-8(11(12)4-10)7-14-9-5-13-6-9/h2-4,9,13H,5-7H2,1H3. The number of benzene rings is 1. The van der Waals surface area contributed by atoms with Crippen LogP contribution in [0.15, 0.2) is 23.1 Å². The van der Waals surface area contributed by atoms with E-state index in [1.807, 2.05) is 12.3 Å². The summed E-state index contributed by atoms with van der Waals surface area (Å²) in [4.78, 5) is 0.946. The normalized spacial score (nSPS) is 16.4. The van der Waals surface area contributed by atoms with Crippen molar-refractivity contribution < 1.29 is 9.13 Å². The van der Waals surface area contributed by atoms with Crippen LogP contribution in [0.1, 0.15) is 5.56 Å². The van der Waals surface area contributed by atoms with Crippen molar-refractivity contribution >= 4 is 11.8 Å². The molecule has 4 heteroatoms. The maximum Gasteiger partial charge on any atom is 0.129 e. The first-order chi connectivity index (χ1) is 7.29. The Morgan fingerprint density at radius 3 is 2.87 bits per heavy atom. The first-order valence-corrected chi connectivity index (χ1v) is 6.17. The number of hydrogen-bond acceptors (Lipinski definition) is 3. The Bertz CT molecular complexity index is 341. The number of halogens is 1. The largest absolute Gasteiger partial charge is 0.371 e. The fourth-order valence-electron chi connectivity index (χ4n) is 1.36. The van der Waals surface area contributed by atoms with Crippen LogP contribution in [0.25, 0.3) is 0 Å². The van der Waals surface area contributed by atoms with Gasteiger partial charge in [0.05, 0.1) is 12.7 Å².